The van der Waals surface area contributed by atoms with Gasteiger partial charge < -0.3 is 9.84 Å². The molecule has 1 rings (SSSR count). The second kappa shape index (κ2) is 2.42. The van der Waals surface area contributed by atoms with E-state index in [0.717, 1.165) is 0 Å². The van der Waals surface area contributed by atoms with Crippen molar-refractivity contribution in [3.05, 3.63) is 0 Å². The van der Waals surface area contributed by atoms with E-state index in [0.29, 0.717) is 13.0 Å². The predicted molar refractivity (Wildman–Crippen MR) is 26.1 cm³/mol. The van der Waals surface area contributed by atoms with Crippen LogP contribution >= 0.6 is 0 Å². The fraction of sp³-hybridized carbons (Fsp3) is 1.00. The first-order valence-corrected chi connectivity index (χ1v) is 2.73. The molecule has 0 aliphatic carbocycles. The van der Waals surface area contributed by atoms with Crippen LogP contribution in [-0.2, 0) is 4.74 Å². The van der Waals surface area contributed by atoms with E-state index in [4.69, 9.17) is 5.11 Å². The monoisotopic (exact) mass is 120 g/mol. The van der Waals surface area contributed by atoms with Gasteiger partial charge in [-0.2, -0.15) is 0 Å². The van der Waals surface area contributed by atoms with Crippen LogP contribution in [0, 0.1) is 0 Å². The number of rotatable bonds is 0. The standard InChI is InChI=1S/C5H9FO2/c6-5-3-4(7)1-2-8-5/h4-5,7H,1-3H2/t4-,5-/m1/s1. The quantitative estimate of drug-likeness (QED) is 0.503. The lowest BCUT2D eigenvalue weighted by molar-refractivity contribution is -0.107. The van der Waals surface area contributed by atoms with E-state index in [2.05, 4.69) is 4.74 Å². The summed E-state index contributed by atoms with van der Waals surface area (Å²) in [6.07, 6.45) is -1.02. The SMILES string of the molecule is O[C@@H]1CCO[C@@H](F)C1. The smallest absolute Gasteiger partial charge is 0.201 e. The summed E-state index contributed by atoms with van der Waals surface area (Å²) >= 11 is 0. The van der Waals surface area contributed by atoms with Gasteiger partial charge in [0, 0.05) is 6.42 Å². The lowest BCUT2D eigenvalue weighted by Crippen LogP contribution is -2.25. The van der Waals surface area contributed by atoms with E-state index in [9.17, 15) is 4.39 Å². The van der Waals surface area contributed by atoms with Crippen LogP contribution in [0.3, 0.4) is 0 Å². The van der Waals surface area contributed by atoms with Gasteiger partial charge in [0.25, 0.3) is 0 Å². The van der Waals surface area contributed by atoms with Gasteiger partial charge in [-0.25, -0.2) is 4.39 Å². The Balaban J connectivity index is 2.23. The van der Waals surface area contributed by atoms with Crippen LogP contribution in [0.2, 0.25) is 0 Å². The Labute approximate surface area is 47.3 Å². The van der Waals surface area contributed by atoms with E-state index >= 15 is 0 Å². The van der Waals surface area contributed by atoms with Crippen LogP contribution in [0.4, 0.5) is 4.39 Å². The highest BCUT2D eigenvalue weighted by atomic mass is 19.1. The molecule has 0 radical (unpaired) electrons. The molecule has 1 aliphatic heterocycles. The summed E-state index contributed by atoms with van der Waals surface area (Å²) < 4.78 is 16.6. The first-order chi connectivity index (χ1) is 3.79. The Bertz CT molecular complexity index is 68.8. The molecule has 0 aromatic carbocycles. The second-order valence-electron chi connectivity index (χ2n) is 1.96. The molecule has 2 atom stereocenters. The summed E-state index contributed by atoms with van der Waals surface area (Å²) in [5, 5.41) is 8.76. The molecular weight excluding hydrogens is 111 g/mol. The molecule has 1 aliphatic rings. The highest BCUT2D eigenvalue weighted by Crippen LogP contribution is 2.13. The zero-order valence-electron chi connectivity index (χ0n) is 4.51. The van der Waals surface area contributed by atoms with Crippen LogP contribution in [0.5, 0.6) is 0 Å². The molecule has 48 valence electrons. The number of aliphatic hydroxyl groups is 1. The molecule has 1 fully saturated rings. The molecule has 1 saturated heterocycles. The molecule has 0 saturated carbocycles. The molecule has 1 heterocycles. The van der Waals surface area contributed by atoms with Crippen molar-refractivity contribution in [3.63, 3.8) is 0 Å². The average Bonchev–Trinajstić information content (AvgIpc) is 1.64. The zero-order valence-corrected chi connectivity index (χ0v) is 4.51. The van der Waals surface area contributed by atoms with E-state index in [1.54, 1.807) is 0 Å². The van der Waals surface area contributed by atoms with Crippen molar-refractivity contribution < 1.29 is 14.2 Å². The maximum absolute atomic E-state index is 12.1. The summed E-state index contributed by atoms with van der Waals surface area (Å²) in [4.78, 5) is 0. The maximum atomic E-state index is 12.1. The van der Waals surface area contributed by atoms with E-state index in [1.165, 1.54) is 0 Å². The van der Waals surface area contributed by atoms with Crippen LogP contribution in [-0.4, -0.2) is 24.2 Å². The number of halogens is 1. The average molecular weight is 120 g/mol. The third kappa shape index (κ3) is 1.42. The first-order valence-electron chi connectivity index (χ1n) is 2.73. The minimum absolute atomic E-state index is 0.139. The van der Waals surface area contributed by atoms with Crippen molar-refractivity contribution in [2.24, 2.45) is 0 Å². The molecule has 0 aromatic rings. The molecular formula is C5H9FO2. The van der Waals surface area contributed by atoms with Gasteiger partial charge >= 0.3 is 0 Å². The van der Waals surface area contributed by atoms with Crippen molar-refractivity contribution in [1.29, 1.82) is 0 Å². The fourth-order valence-corrected chi connectivity index (χ4v) is 0.732. The molecule has 0 bridgehead atoms. The van der Waals surface area contributed by atoms with Crippen molar-refractivity contribution in [2.45, 2.75) is 25.3 Å². The summed E-state index contributed by atoms with van der Waals surface area (Å²) in [7, 11) is 0. The van der Waals surface area contributed by atoms with Crippen LogP contribution in [0.15, 0.2) is 0 Å². The van der Waals surface area contributed by atoms with E-state index < -0.39 is 12.5 Å². The Morgan fingerprint density at radius 1 is 1.62 bits per heavy atom. The molecule has 0 spiro atoms. The maximum Gasteiger partial charge on any atom is 0.201 e. The Morgan fingerprint density at radius 2 is 2.38 bits per heavy atom. The molecule has 0 aromatic heterocycles. The van der Waals surface area contributed by atoms with Crippen LogP contribution < -0.4 is 0 Å². The van der Waals surface area contributed by atoms with Crippen molar-refractivity contribution >= 4 is 0 Å². The Morgan fingerprint density at radius 3 is 2.75 bits per heavy atom. The van der Waals surface area contributed by atoms with Crippen LogP contribution in [0.1, 0.15) is 12.8 Å². The van der Waals surface area contributed by atoms with Gasteiger partial charge in [0.1, 0.15) is 0 Å². The van der Waals surface area contributed by atoms with Crippen LogP contribution in [0.25, 0.3) is 0 Å². The summed E-state index contributed by atoms with van der Waals surface area (Å²) in [5.74, 6) is 0. The molecule has 2 nitrogen and oxygen atoms in total. The zero-order chi connectivity index (χ0) is 5.98. The van der Waals surface area contributed by atoms with Crippen molar-refractivity contribution in [1.82, 2.24) is 0 Å². The largest absolute Gasteiger partial charge is 0.393 e. The van der Waals surface area contributed by atoms with Gasteiger partial charge in [0.05, 0.1) is 12.7 Å². The Kier molecular flexibility index (Phi) is 1.81. The van der Waals surface area contributed by atoms with Gasteiger partial charge in [-0.15, -0.1) is 0 Å². The molecule has 1 N–H and O–H groups in total. The lowest BCUT2D eigenvalue weighted by Gasteiger charge is -2.19. The minimum atomic E-state index is -1.24. The third-order valence-electron chi connectivity index (χ3n) is 1.21. The van der Waals surface area contributed by atoms with E-state index in [-0.39, 0.29) is 6.42 Å². The second-order valence-corrected chi connectivity index (χ2v) is 1.96. The van der Waals surface area contributed by atoms with E-state index in [1.807, 2.05) is 0 Å². The van der Waals surface area contributed by atoms with Crippen molar-refractivity contribution in [2.75, 3.05) is 6.61 Å². The minimum Gasteiger partial charge on any atom is -0.393 e. The van der Waals surface area contributed by atoms with Gasteiger partial charge in [0.15, 0.2) is 0 Å². The molecule has 3 heteroatoms. The number of hydrogen-bond acceptors (Lipinski definition) is 2. The lowest BCUT2D eigenvalue weighted by atomic mass is 10.1. The summed E-state index contributed by atoms with van der Waals surface area (Å²) in [6.45, 7) is 0.350. The van der Waals surface area contributed by atoms with Gasteiger partial charge in [-0.3, -0.25) is 0 Å². The normalized spacial score (nSPS) is 39.8. The van der Waals surface area contributed by atoms with Crippen molar-refractivity contribution in [3.8, 4) is 0 Å². The number of alkyl halides is 1. The van der Waals surface area contributed by atoms with Gasteiger partial charge in [0.2, 0.25) is 6.36 Å². The highest BCUT2D eigenvalue weighted by molar-refractivity contribution is 4.62. The number of ether oxygens (including phenoxy) is 1. The Hall–Kier alpha value is -0.150. The topological polar surface area (TPSA) is 29.5 Å². The van der Waals surface area contributed by atoms with Gasteiger partial charge in [-0.05, 0) is 6.42 Å². The molecule has 0 amide bonds. The fourth-order valence-electron chi connectivity index (χ4n) is 0.732. The number of aliphatic hydroxyl groups excluding tert-OH is 1. The summed E-state index contributed by atoms with van der Waals surface area (Å²) in [5.41, 5.74) is 0. The number of hydrogen-bond donors (Lipinski definition) is 1. The third-order valence-corrected chi connectivity index (χ3v) is 1.21. The first kappa shape index (κ1) is 5.98. The molecule has 0 unspecified atom stereocenters. The van der Waals surface area contributed by atoms with Gasteiger partial charge in [-0.1, -0.05) is 0 Å². The predicted octanol–water partition coefficient (Wildman–Crippen LogP) is 0.453. The summed E-state index contributed by atoms with van der Waals surface area (Å²) in [6, 6.07) is 0. The highest BCUT2D eigenvalue weighted by Gasteiger charge is 2.18. The molecule has 8 heavy (non-hydrogen) atoms.